The second kappa shape index (κ2) is 14.5. The van der Waals surface area contributed by atoms with E-state index in [-0.39, 0.29) is 5.92 Å². The van der Waals surface area contributed by atoms with E-state index in [1.165, 1.54) is 144 Å². The fraction of sp³-hybridized carbons (Fsp3) is 0.0286. The lowest BCUT2D eigenvalue weighted by atomic mass is 9.70. The molecule has 4 aliphatic carbocycles. The van der Waals surface area contributed by atoms with E-state index in [4.69, 9.17) is 0 Å². The minimum absolute atomic E-state index is 0.0211. The molecule has 1 heterocycles. The average molecular weight is 898 g/mol. The van der Waals surface area contributed by atoms with Gasteiger partial charge in [0.25, 0.3) is 0 Å². The van der Waals surface area contributed by atoms with Gasteiger partial charge in [-0.05, 0) is 171 Å². The van der Waals surface area contributed by atoms with E-state index in [9.17, 15) is 0 Å². The first kappa shape index (κ1) is 38.9. The van der Waals surface area contributed by atoms with Gasteiger partial charge in [-0.3, -0.25) is 0 Å². The maximum atomic E-state index is 2.64. The molecule has 1 nitrogen and oxygen atoms in total. The third-order valence-electron chi connectivity index (χ3n) is 16.4. The topological polar surface area (TPSA) is 4.93 Å². The summed E-state index contributed by atoms with van der Waals surface area (Å²) in [6, 6.07) is 93.8. The molecule has 16 rings (SSSR count). The van der Waals surface area contributed by atoms with Gasteiger partial charge in [0, 0.05) is 22.4 Å². The van der Waals surface area contributed by atoms with Crippen LogP contribution in [-0.4, -0.2) is 4.57 Å². The van der Waals surface area contributed by atoms with E-state index < -0.39 is 5.41 Å². The summed E-state index contributed by atoms with van der Waals surface area (Å²) >= 11 is 0. The predicted octanol–water partition coefficient (Wildman–Crippen LogP) is 17.5. The quantitative estimate of drug-likeness (QED) is 0.166. The van der Waals surface area contributed by atoms with Gasteiger partial charge in [0.05, 0.1) is 16.4 Å². The largest absolute Gasteiger partial charge is 0.309 e. The van der Waals surface area contributed by atoms with Gasteiger partial charge in [-0.15, -0.1) is 0 Å². The van der Waals surface area contributed by atoms with E-state index in [0.29, 0.717) is 0 Å². The summed E-state index contributed by atoms with van der Waals surface area (Å²) in [5, 5.41) is 2.54. The fourth-order valence-electron chi connectivity index (χ4n) is 13.6. The summed E-state index contributed by atoms with van der Waals surface area (Å²) in [6.45, 7) is 0. The summed E-state index contributed by atoms with van der Waals surface area (Å²) in [7, 11) is 0. The molecular formula is C70H43N. The third-order valence-corrected chi connectivity index (χ3v) is 16.4. The zero-order chi connectivity index (χ0) is 46.4. The molecular weight excluding hydrogens is 855 g/mol. The monoisotopic (exact) mass is 897 g/mol. The molecule has 4 aliphatic rings. The Bertz CT molecular complexity index is 4230. The molecule has 0 amide bonds. The Hall–Kier alpha value is -9.04. The number of nitrogens with zero attached hydrogens (tertiary/aromatic N) is 1. The maximum absolute atomic E-state index is 2.64. The van der Waals surface area contributed by atoms with Crippen LogP contribution in [-0.2, 0) is 5.41 Å². The van der Waals surface area contributed by atoms with Crippen molar-refractivity contribution in [3.05, 3.63) is 304 Å². The van der Waals surface area contributed by atoms with Gasteiger partial charge >= 0.3 is 0 Å². The van der Waals surface area contributed by atoms with E-state index in [1.807, 2.05) is 0 Å². The molecule has 1 heteroatoms. The molecule has 1 aromatic heterocycles. The first-order chi connectivity index (χ1) is 35.2. The summed E-state index contributed by atoms with van der Waals surface area (Å²) in [6.07, 6.45) is 2.34. The molecule has 0 radical (unpaired) electrons. The summed E-state index contributed by atoms with van der Waals surface area (Å²) in [5.41, 5.74) is 30.8. The van der Waals surface area contributed by atoms with Crippen molar-refractivity contribution in [2.45, 2.75) is 11.3 Å². The lowest BCUT2D eigenvalue weighted by Crippen LogP contribution is -2.26. The predicted molar refractivity (Wildman–Crippen MR) is 294 cm³/mol. The van der Waals surface area contributed by atoms with Crippen LogP contribution >= 0.6 is 0 Å². The number of fused-ring (bicyclic) bond motifs is 19. The Kier molecular flexibility index (Phi) is 7.94. The second-order valence-corrected chi connectivity index (χ2v) is 19.8. The molecule has 71 heavy (non-hydrogen) atoms. The molecule has 12 aromatic rings. The normalized spacial score (nSPS) is 15.3. The summed E-state index contributed by atoms with van der Waals surface area (Å²) in [5.74, 6) is 0.0211. The smallest absolute Gasteiger partial charge is 0.0725 e. The Morgan fingerprint density at radius 3 is 1.61 bits per heavy atom. The Morgan fingerprint density at radius 1 is 0.324 bits per heavy atom. The van der Waals surface area contributed by atoms with Gasteiger partial charge in [0.1, 0.15) is 0 Å². The van der Waals surface area contributed by atoms with Crippen molar-refractivity contribution in [2.75, 3.05) is 0 Å². The van der Waals surface area contributed by atoms with Crippen LogP contribution in [0.4, 0.5) is 0 Å². The first-order valence-electron chi connectivity index (χ1n) is 24.9. The van der Waals surface area contributed by atoms with Gasteiger partial charge in [-0.1, -0.05) is 200 Å². The van der Waals surface area contributed by atoms with Crippen LogP contribution in [0, 0.1) is 0 Å². The minimum Gasteiger partial charge on any atom is -0.309 e. The van der Waals surface area contributed by atoms with Crippen LogP contribution in [0.2, 0.25) is 0 Å². The molecule has 1 unspecified atom stereocenters. The molecule has 0 N–H and O–H groups in total. The van der Waals surface area contributed by atoms with E-state index >= 15 is 0 Å². The van der Waals surface area contributed by atoms with Gasteiger partial charge in [0.2, 0.25) is 0 Å². The molecule has 0 fully saturated rings. The van der Waals surface area contributed by atoms with Gasteiger partial charge in [0.15, 0.2) is 0 Å². The zero-order valence-corrected chi connectivity index (χ0v) is 38.8. The molecule has 0 aliphatic heterocycles. The van der Waals surface area contributed by atoms with Crippen LogP contribution in [0.1, 0.15) is 61.6 Å². The molecule has 0 saturated carbocycles. The van der Waals surface area contributed by atoms with Crippen molar-refractivity contribution in [3.8, 4) is 61.3 Å². The van der Waals surface area contributed by atoms with Gasteiger partial charge < -0.3 is 4.57 Å². The van der Waals surface area contributed by atoms with E-state index in [2.05, 4.69) is 259 Å². The molecule has 1 atom stereocenters. The second-order valence-electron chi connectivity index (χ2n) is 19.8. The first-order valence-corrected chi connectivity index (χ1v) is 24.9. The van der Waals surface area contributed by atoms with Crippen LogP contribution in [0.5, 0.6) is 0 Å². The number of hydrogen-bond acceptors (Lipinski definition) is 0. The zero-order valence-electron chi connectivity index (χ0n) is 38.8. The highest BCUT2D eigenvalue weighted by atomic mass is 15.0. The SMILES string of the molecule is C(=C1\c2ccccc2-c2cc(-c3ccc4c(c3)-c3cc5c(cc3C4c3ccc4c(c3)c3ccccc3n4-c3ccccc3)C3(c4ccccc4-c4ccccc43)c3ccccc3-5)ccc21)/c1ccccc1. The summed E-state index contributed by atoms with van der Waals surface area (Å²) in [4.78, 5) is 0. The lowest BCUT2D eigenvalue weighted by molar-refractivity contribution is 0.791. The highest BCUT2D eigenvalue weighted by Gasteiger charge is 2.52. The molecule has 328 valence electrons. The van der Waals surface area contributed by atoms with Gasteiger partial charge in [-0.25, -0.2) is 0 Å². The highest BCUT2D eigenvalue weighted by Crippen LogP contribution is 2.65. The highest BCUT2D eigenvalue weighted by molar-refractivity contribution is 6.10. The van der Waals surface area contributed by atoms with Crippen molar-refractivity contribution in [1.29, 1.82) is 0 Å². The van der Waals surface area contributed by atoms with Crippen LogP contribution < -0.4 is 0 Å². The van der Waals surface area contributed by atoms with E-state index in [1.54, 1.807) is 0 Å². The fourth-order valence-corrected chi connectivity index (χ4v) is 13.6. The molecule has 1 spiro atoms. The number of para-hydroxylation sites is 2. The average Bonchev–Trinajstić information content (AvgIpc) is 4.20. The number of benzene rings is 11. The Labute approximate surface area is 412 Å². The van der Waals surface area contributed by atoms with Crippen molar-refractivity contribution in [3.63, 3.8) is 0 Å². The summed E-state index contributed by atoms with van der Waals surface area (Å²) < 4.78 is 2.43. The van der Waals surface area contributed by atoms with Crippen molar-refractivity contribution in [1.82, 2.24) is 4.57 Å². The van der Waals surface area contributed by atoms with Gasteiger partial charge in [-0.2, -0.15) is 0 Å². The molecule has 0 bridgehead atoms. The number of aromatic nitrogens is 1. The van der Waals surface area contributed by atoms with Crippen molar-refractivity contribution in [2.24, 2.45) is 0 Å². The van der Waals surface area contributed by atoms with E-state index in [0.717, 1.165) is 0 Å². The van der Waals surface area contributed by atoms with Crippen LogP contribution in [0.25, 0.3) is 94.8 Å². The minimum atomic E-state index is -0.430. The number of hydrogen-bond donors (Lipinski definition) is 0. The molecule has 11 aromatic carbocycles. The van der Waals surface area contributed by atoms with Crippen LogP contribution in [0.3, 0.4) is 0 Å². The number of rotatable bonds is 4. The Morgan fingerprint density at radius 2 is 0.873 bits per heavy atom. The maximum Gasteiger partial charge on any atom is 0.0725 e. The Balaban J connectivity index is 0.931. The third kappa shape index (κ3) is 5.25. The lowest BCUT2D eigenvalue weighted by Gasteiger charge is -2.31. The van der Waals surface area contributed by atoms with Crippen molar-refractivity contribution >= 4 is 33.5 Å². The standard InChI is InChI=1S/C70H43N/c1-3-17-43(18-4-1)37-56-48-21-7-8-22-49(48)57-38-44(31-34-50(56)57)45-32-35-55-58(39-45)59-41-60-53-25-11-15-29-65(53)70(63-27-13-9-23-51(63)52-24-10-14-28-64(52)70)66(60)42-62(59)69(55)46-33-36-68-61(40-46)54-26-12-16-30-67(54)71(68)47-19-5-2-6-20-47/h1-42,69H/b56-37-. The molecule has 0 saturated heterocycles. The van der Waals surface area contributed by atoms with Crippen LogP contribution in [0.15, 0.2) is 249 Å². The van der Waals surface area contributed by atoms with Crippen molar-refractivity contribution < 1.29 is 0 Å².